The van der Waals surface area contributed by atoms with Crippen LogP contribution in [0.15, 0.2) is 163 Å². The zero-order chi connectivity index (χ0) is 50.1. The third kappa shape index (κ3) is 10.4. The van der Waals surface area contributed by atoms with Crippen molar-refractivity contribution in [3.63, 3.8) is 0 Å². The number of phenols is 4. The Kier molecular flexibility index (Phi) is 14.4. The van der Waals surface area contributed by atoms with Crippen molar-refractivity contribution in [2.45, 2.75) is 117 Å². The molecule has 0 radical (unpaired) electrons. The van der Waals surface area contributed by atoms with Gasteiger partial charge in [0, 0.05) is 57.0 Å². The largest absolute Gasteiger partial charge is 0.508 e. The number of nitrogens with zero attached hydrogens (tertiary/aromatic N) is 1. The maximum atomic E-state index is 11.0. The predicted octanol–water partition coefficient (Wildman–Crippen LogP) is 15.9. The Balaban J connectivity index is 0.000000204. The van der Waals surface area contributed by atoms with Gasteiger partial charge in [0.1, 0.15) is 23.0 Å². The van der Waals surface area contributed by atoms with E-state index < -0.39 is 0 Å². The summed E-state index contributed by atoms with van der Waals surface area (Å²) < 4.78 is 0. The van der Waals surface area contributed by atoms with Crippen LogP contribution in [0.3, 0.4) is 0 Å². The summed E-state index contributed by atoms with van der Waals surface area (Å²) in [4.78, 5) is 4.14. The fourth-order valence-corrected chi connectivity index (χ4v) is 10.3. The normalized spacial score (nSPS) is 13.0. The topological polar surface area (TPSA) is 93.8 Å². The Bertz CT molecular complexity index is 3020. The molecule has 4 N–H and O–H groups in total. The fraction of sp³-hybridized carbons (Fsp3) is 0.286. The Morgan fingerprint density at radius 1 is 0.406 bits per heavy atom. The third-order valence-corrected chi connectivity index (χ3v) is 15.8. The summed E-state index contributed by atoms with van der Waals surface area (Å²) in [6.45, 7) is 26.1. The minimum absolute atomic E-state index is 0.0483. The van der Waals surface area contributed by atoms with Gasteiger partial charge in [0.05, 0.1) is 0 Å². The first-order chi connectivity index (χ1) is 32.5. The second kappa shape index (κ2) is 19.8. The van der Waals surface area contributed by atoms with Crippen molar-refractivity contribution in [1.82, 2.24) is 4.98 Å². The van der Waals surface area contributed by atoms with E-state index in [1.165, 1.54) is 38.9 Å². The number of phenolic OH excluding ortho intramolecular Hbond substituents is 4. The summed E-state index contributed by atoms with van der Waals surface area (Å²) in [5.74, 6) is 1.48. The molecule has 2 unspecified atom stereocenters. The van der Waals surface area contributed by atoms with E-state index in [0.29, 0.717) is 11.5 Å². The van der Waals surface area contributed by atoms with Gasteiger partial charge in [0.2, 0.25) is 0 Å². The average molecular weight is 936 g/mol. The van der Waals surface area contributed by atoms with Gasteiger partial charge < -0.3 is 20.4 Å². The molecule has 6 heteroatoms. The van der Waals surface area contributed by atoms with E-state index in [9.17, 15) is 20.4 Å². The van der Waals surface area contributed by atoms with Crippen LogP contribution in [0.2, 0.25) is 0 Å². The van der Waals surface area contributed by atoms with Gasteiger partial charge >= 0.3 is 0 Å². The van der Waals surface area contributed by atoms with Crippen molar-refractivity contribution in [2.24, 2.45) is 0 Å². The van der Waals surface area contributed by atoms with Gasteiger partial charge in [-0.3, -0.25) is 4.98 Å². The van der Waals surface area contributed by atoms with Crippen molar-refractivity contribution in [1.29, 1.82) is 0 Å². The lowest BCUT2D eigenvalue weighted by Crippen LogP contribution is -2.23. The van der Waals surface area contributed by atoms with E-state index in [2.05, 4.69) is 164 Å². The molecule has 0 aliphatic rings. The van der Waals surface area contributed by atoms with Gasteiger partial charge in [-0.2, -0.15) is 11.3 Å². The molecular formula is C63H69NO4S. The minimum atomic E-state index is -0.272. The maximum Gasteiger partial charge on any atom is 0.122 e. The Morgan fingerprint density at radius 2 is 0.768 bits per heavy atom. The first-order valence-electron chi connectivity index (χ1n) is 23.9. The first-order valence-corrected chi connectivity index (χ1v) is 24.9. The van der Waals surface area contributed by atoms with E-state index in [-0.39, 0.29) is 45.0 Å². The SMILES string of the molecule is Cc1cc(C(C)(C)c2cccc(C(C)(C)c3ccc(O)cc3)c2)cc(C(C)c2ccncc2)c1O.Cc1cc(C(C)(C)c2cccc(C(C)(C)c3ccc(O)cc3)c2)cc(C(C)c2ccsc2)c1O. The highest BCUT2D eigenvalue weighted by atomic mass is 32.1. The Labute approximate surface area is 414 Å². The van der Waals surface area contributed by atoms with Crippen LogP contribution in [0.4, 0.5) is 0 Å². The summed E-state index contributed by atoms with van der Waals surface area (Å²) in [7, 11) is 0. The molecule has 6 aromatic carbocycles. The summed E-state index contributed by atoms with van der Waals surface area (Å²) >= 11 is 1.69. The van der Waals surface area contributed by atoms with Crippen molar-refractivity contribution in [3.8, 4) is 23.0 Å². The summed E-state index contributed by atoms with van der Waals surface area (Å²) in [5.41, 5.74) is 14.7. The standard InChI is InChI=1S/C32H35NO2.C31H34O2S/c1-21-18-27(20-29(30(21)35)22(2)23-14-16-33-17-15-23)32(5,6)26-9-7-8-25(19-26)31(3,4)24-10-12-28(34)13-11-24;1-20-16-26(18-28(29(20)33)21(2)22-14-15-34-19-22)31(5,6)25-9-7-8-24(17-25)30(3,4)23-10-12-27(32)13-11-23/h7-20,22,34-35H,1-6H3;7-19,21,32-33H,1-6H3. The van der Waals surface area contributed by atoms with Crippen LogP contribution in [0, 0.1) is 13.8 Å². The monoisotopic (exact) mass is 935 g/mol. The highest BCUT2D eigenvalue weighted by Crippen LogP contribution is 2.44. The van der Waals surface area contributed by atoms with Crippen LogP contribution in [0.1, 0.15) is 159 Å². The van der Waals surface area contributed by atoms with Crippen LogP contribution in [-0.4, -0.2) is 25.4 Å². The van der Waals surface area contributed by atoms with Crippen LogP contribution in [-0.2, 0) is 21.7 Å². The number of aryl methyl sites for hydroxylation is 2. The molecule has 8 aromatic rings. The van der Waals surface area contributed by atoms with Crippen molar-refractivity contribution in [2.75, 3.05) is 0 Å². The first kappa shape index (κ1) is 50.3. The zero-order valence-corrected chi connectivity index (χ0v) is 43.2. The van der Waals surface area contributed by atoms with E-state index in [1.54, 1.807) is 48.0 Å². The fourth-order valence-electron chi connectivity index (χ4n) is 9.54. The molecule has 0 amide bonds. The molecule has 356 valence electrons. The van der Waals surface area contributed by atoms with E-state index >= 15 is 0 Å². The molecule has 0 fully saturated rings. The molecule has 0 aliphatic heterocycles. The molecule has 0 saturated carbocycles. The van der Waals surface area contributed by atoms with Crippen LogP contribution < -0.4 is 0 Å². The molecule has 0 aliphatic carbocycles. The number of rotatable bonds is 12. The number of pyridine rings is 1. The quantitative estimate of drug-likeness (QED) is 0.0979. The van der Waals surface area contributed by atoms with Crippen molar-refractivity contribution in [3.05, 3.63) is 241 Å². The summed E-state index contributed by atoms with van der Waals surface area (Å²) in [6, 6.07) is 47.3. The van der Waals surface area contributed by atoms with E-state index in [0.717, 1.165) is 38.9 Å². The van der Waals surface area contributed by atoms with Crippen molar-refractivity contribution >= 4 is 11.3 Å². The zero-order valence-electron chi connectivity index (χ0n) is 42.4. The number of hydrogen-bond acceptors (Lipinski definition) is 6. The minimum Gasteiger partial charge on any atom is -0.508 e. The number of aromatic hydroxyl groups is 4. The third-order valence-electron chi connectivity index (χ3n) is 15.1. The average Bonchev–Trinajstić information content (AvgIpc) is 3.89. The highest BCUT2D eigenvalue weighted by molar-refractivity contribution is 7.08. The molecule has 0 saturated heterocycles. The second-order valence-electron chi connectivity index (χ2n) is 21.0. The molecule has 0 bridgehead atoms. The lowest BCUT2D eigenvalue weighted by Gasteiger charge is -2.32. The van der Waals surface area contributed by atoms with Gasteiger partial charge in [-0.25, -0.2) is 0 Å². The molecule has 8 rings (SSSR count). The Hall–Kier alpha value is -6.63. The van der Waals surface area contributed by atoms with Gasteiger partial charge in [-0.05, 0) is 134 Å². The second-order valence-corrected chi connectivity index (χ2v) is 21.8. The predicted molar refractivity (Wildman–Crippen MR) is 287 cm³/mol. The molecule has 0 spiro atoms. The summed E-state index contributed by atoms with van der Waals surface area (Å²) in [6.07, 6.45) is 3.59. The van der Waals surface area contributed by atoms with Crippen LogP contribution in [0.5, 0.6) is 23.0 Å². The molecule has 69 heavy (non-hydrogen) atoms. The Morgan fingerprint density at radius 3 is 1.13 bits per heavy atom. The molecule has 2 atom stereocenters. The summed E-state index contributed by atoms with van der Waals surface area (Å²) in [5, 5.41) is 45.6. The highest BCUT2D eigenvalue weighted by Gasteiger charge is 2.32. The smallest absolute Gasteiger partial charge is 0.122 e. The molecular weight excluding hydrogens is 867 g/mol. The van der Waals surface area contributed by atoms with Gasteiger partial charge in [0.25, 0.3) is 0 Å². The molecule has 2 aromatic heterocycles. The van der Waals surface area contributed by atoms with Crippen LogP contribution >= 0.6 is 11.3 Å². The molecule has 2 heterocycles. The van der Waals surface area contributed by atoms with E-state index in [4.69, 9.17) is 0 Å². The van der Waals surface area contributed by atoms with Gasteiger partial charge in [0.15, 0.2) is 0 Å². The number of thiophene rings is 1. The molecule has 5 nitrogen and oxygen atoms in total. The van der Waals surface area contributed by atoms with Gasteiger partial charge in [-0.15, -0.1) is 0 Å². The number of aromatic nitrogens is 1. The van der Waals surface area contributed by atoms with Crippen molar-refractivity contribution < 1.29 is 20.4 Å². The maximum absolute atomic E-state index is 11.0. The lowest BCUT2D eigenvalue weighted by atomic mass is 9.72. The van der Waals surface area contributed by atoms with Gasteiger partial charge in [-0.1, -0.05) is 166 Å². The van der Waals surface area contributed by atoms with E-state index in [1.807, 2.05) is 50.2 Å². The number of benzene rings is 6. The lowest BCUT2D eigenvalue weighted by molar-refractivity contribution is 0.460. The number of hydrogen-bond donors (Lipinski definition) is 4. The van der Waals surface area contributed by atoms with Crippen LogP contribution in [0.25, 0.3) is 0 Å².